The molecule has 8 heteroatoms. The molecule has 0 amide bonds. The number of hydrogen-bond acceptors (Lipinski definition) is 7. The van der Waals surface area contributed by atoms with E-state index in [-0.39, 0.29) is 11.9 Å². The van der Waals surface area contributed by atoms with Crippen LogP contribution in [0.25, 0.3) is 11.4 Å². The zero-order valence-electron chi connectivity index (χ0n) is 13.8. The Labute approximate surface area is 139 Å². The first kappa shape index (κ1) is 16.4. The van der Waals surface area contributed by atoms with Gasteiger partial charge in [0.25, 0.3) is 0 Å². The van der Waals surface area contributed by atoms with Gasteiger partial charge in [-0.1, -0.05) is 0 Å². The lowest BCUT2D eigenvalue weighted by molar-refractivity contribution is -0.0386. The van der Waals surface area contributed by atoms with Gasteiger partial charge in [-0.3, -0.25) is 0 Å². The molecule has 0 radical (unpaired) electrons. The van der Waals surface area contributed by atoms with Gasteiger partial charge in [0.2, 0.25) is 5.88 Å². The molecule has 1 atom stereocenters. The third kappa shape index (κ3) is 3.38. The molecule has 1 fully saturated rings. The lowest BCUT2D eigenvalue weighted by Crippen LogP contribution is -2.20. The first-order valence-corrected chi connectivity index (χ1v) is 7.97. The number of esters is 1. The molecule has 0 aliphatic carbocycles. The van der Waals surface area contributed by atoms with Gasteiger partial charge in [-0.15, -0.1) is 0 Å². The summed E-state index contributed by atoms with van der Waals surface area (Å²) >= 11 is 0. The minimum absolute atomic E-state index is 0.224. The molecule has 0 bridgehead atoms. The van der Waals surface area contributed by atoms with Crippen molar-refractivity contribution in [2.45, 2.75) is 32.4 Å². The first-order chi connectivity index (χ1) is 11.7. The number of aromatic nitrogens is 4. The van der Waals surface area contributed by atoms with Gasteiger partial charge in [-0.25, -0.2) is 19.4 Å². The monoisotopic (exact) mass is 332 g/mol. The van der Waals surface area contributed by atoms with E-state index >= 15 is 0 Å². The van der Waals surface area contributed by atoms with Crippen molar-refractivity contribution in [1.29, 1.82) is 0 Å². The molecule has 0 spiro atoms. The van der Waals surface area contributed by atoms with Crippen molar-refractivity contribution in [2.24, 2.45) is 0 Å². The predicted molar refractivity (Wildman–Crippen MR) is 84.6 cm³/mol. The molecule has 1 aliphatic rings. The number of carbonyl (C=O) groups is 1. The summed E-state index contributed by atoms with van der Waals surface area (Å²) in [5.41, 5.74) is 1.52. The van der Waals surface area contributed by atoms with Crippen LogP contribution in [0.2, 0.25) is 0 Å². The second kappa shape index (κ2) is 7.39. The van der Waals surface area contributed by atoms with Gasteiger partial charge in [0.15, 0.2) is 11.9 Å². The summed E-state index contributed by atoms with van der Waals surface area (Å²) in [6, 6.07) is 3.36. The van der Waals surface area contributed by atoms with Crippen LogP contribution in [-0.2, 0) is 9.47 Å². The van der Waals surface area contributed by atoms with Crippen molar-refractivity contribution in [2.75, 3.05) is 20.3 Å². The third-order valence-corrected chi connectivity index (χ3v) is 3.76. The van der Waals surface area contributed by atoms with Gasteiger partial charge in [0.05, 0.1) is 25.1 Å². The summed E-state index contributed by atoms with van der Waals surface area (Å²) in [4.78, 5) is 20.3. The summed E-state index contributed by atoms with van der Waals surface area (Å²) in [7, 11) is 1.54. The molecule has 0 saturated carbocycles. The zero-order valence-corrected chi connectivity index (χ0v) is 13.8. The Morgan fingerprint density at radius 1 is 1.38 bits per heavy atom. The average Bonchev–Trinajstić information content (AvgIpc) is 3.08. The highest BCUT2D eigenvalue weighted by atomic mass is 16.5. The maximum Gasteiger partial charge on any atom is 0.358 e. The van der Waals surface area contributed by atoms with Gasteiger partial charge in [0.1, 0.15) is 6.33 Å². The molecular formula is C16H20N4O4. The highest BCUT2D eigenvalue weighted by molar-refractivity contribution is 5.88. The molecule has 8 nitrogen and oxygen atoms in total. The Balaban J connectivity index is 2.02. The second-order valence-corrected chi connectivity index (χ2v) is 5.35. The van der Waals surface area contributed by atoms with Gasteiger partial charge in [-0.2, -0.15) is 5.10 Å². The fraction of sp³-hybridized carbons (Fsp3) is 0.500. The third-order valence-electron chi connectivity index (χ3n) is 3.76. The van der Waals surface area contributed by atoms with Crippen LogP contribution in [0.4, 0.5) is 0 Å². The summed E-state index contributed by atoms with van der Waals surface area (Å²) in [6.45, 7) is 2.73. The Kier molecular flexibility index (Phi) is 5.05. The topological polar surface area (TPSA) is 88.4 Å². The summed E-state index contributed by atoms with van der Waals surface area (Å²) < 4.78 is 17.7. The van der Waals surface area contributed by atoms with Gasteiger partial charge in [-0.05, 0) is 26.2 Å². The van der Waals surface area contributed by atoms with Crippen molar-refractivity contribution < 1.29 is 19.0 Å². The van der Waals surface area contributed by atoms with Crippen LogP contribution in [0.5, 0.6) is 5.88 Å². The minimum Gasteiger partial charge on any atom is -0.481 e. The minimum atomic E-state index is -0.464. The first-order valence-electron chi connectivity index (χ1n) is 7.97. The Hall–Kier alpha value is -2.48. The van der Waals surface area contributed by atoms with Crippen LogP contribution in [0, 0.1) is 0 Å². The Morgan fingerprint density at radius 2 is 2.25 bits per heavy atom. The van der Waals surface area contributed by atoms with E-state index in [2.05, 4.69) is 15.1 Å². The van der Waals surface area contributed by atoms with Crippen LogP contribution >= 0.6 is 0 Å². The van der Waals surface area contributed by atoms with Crippen LogP contribution in [0.1, 0.15) is 42.9 Å². The second-order valence-electron chi connectivity index (χ2n) is 5.35. The maximum atomic E-state index is 12.1. The van der Waals surface area contributed by atoms with E-state index in [9.17, 15) is 4.79 Å². The van der Waals surface area contributed by atoms with E-state index in [1.54, 1.807) is 23.7 Å². The fourth-order valence-electron chi connectivity index (χ4n) is 2.62. The molecule has 1 saturated heterocycles. The number of methoxy groups -OCH3 is 1. The van der Waals surface area contributed by atoms with E-state index in [1.165, 1.54) is 13.4 Å². The average molecular weight is 332 g/mol. The molecule has 2 aromatic rings. The lowest BCUT2D eigenvalue weighted by Gasteiger charge is -2.24. The Bertz CT molecular complexity index is 710. The quantitative estimate of drug-likeness (QED) is 0.776. The molecule has 1 aliphatic heterocycles. The van der Waals surface area contributed by atoms with Crippen LogP contribution in [0.3, 0.4) is 0 Å². The number of carbonyl (C=O) groups excluding carboxylic acids is 1. The normalized spacial score (nSPS) is 17.5. The van der Waals surface area contributed by atoms with E-state index in [1.807, 2.05) is 0 Å². The molecule has 128 valence electrons. The molecule has 0 aromatic carbocycles. The predicted octanol–water partition coefficient (Wildman–Crippen LogP) is 2.22. The SMILES string of the molecule is CCOC(=O)c1cc(-c2cc(OC)ncn2)n(C2CCCCO2)n1. The molecule has 3 rings (SSSR count). The van der Waals surface area contributed by atoms with Crippen molar-refractivity contribution in [3.05, 3.63) is 24.2 Å². The molecule has 0 N–H and O–H groups in total. The largest absolute Gasteiger partial charge is 0.481 e. The Morgan fingerprint density at radius 3 is 2.96 bits per heavy atom. The molecule has 1 unspecified atom stereocenters. The summed E-state index contributed by atoms with van der Waals surface area (Å²) in [5, 5.41) is 4.40. The van der Waals surface area contributed by atoms with Gasteiger partial charge >= 0.3 is 5.97 Å². The smallest absolute Gasteiger partial charge is 0.358 e. The van der Waals surface area contributed by atoms with E-state index in [4.69, 9.17) is 14.2 Å². The van der Waals surface area contributed by atoms with Gasteiger partial charge in [0, 0.05) is 18.7 Å². The van der Waals surface area contributed by atoms with Crippen molar-refractivity contribution in [3.63, 3.8) is 0 Å². The van der Waals surface area contributed by atoms with Crippen LogP contribution < -0.4 is 4.74 Å². The van der Waals surface area contributed by atoms with E-state index < -0.39 is 5.97 Å². The maximum absolute atomic E-state index is 12.1. The number of nitrogens with zero attached hydrogens (tertiary/aromatic N) is 4. The molecular weight excluding hydrogens is 312 g/mol. The lowest BCUT2D eigenvalue weighted by atomic mass is 10.2. The molecule has 3 heterocycles. The summed E-state index contributed by atoms with van der Waals surface area (Å²) in [6.07, 6.45) is 4.10. The highest BCUT2D eigenvalue weighted by Crippen LogP contribution is 2.29. The highest BCUT2D eigenvalue weighted by Gasteiger charge is 2.24. The fourth-order valence-corrected chi connectivity index (χ4v) is 2.62. The number of rotatable bonds is 5. The van der Waals surface area contributed by atoms with E-state index in [0.717, 1.165) is 19.3 Å². The van der Waals surface area contributed by atoms with Crippen molar-refractivity contribution in [3.8, 4) is 17.3 Å². The van der Waals surface area contributed by atoms with Crippen molar-refractivity contribution in [1.82, 2.24) is 19.7 Å². The molecule has 24 heavy (non-hydrogen) atoms. The number of hydrogen-bond donors (Lipinski definition) is 0. The van der Waals surface area contributed by atoms with E-state index in [0.29, 0.717) is 30.5 Å². The van der Waals surface area contributed by atoms with Crippen LogP contribution in [0.15, 0.2) is 18.5 Å². The number of ether oxygens (including phenoxy) is 3. The standard InChI is InChI=1S/C16H20N4O4/c1-3-23-16(21)12-8-13(11-9-14(22-2)18-10-17-11)20(19-12)15-6-4-5-7-24-15/h8-10,15H,3-7H2,1-2H3. The zero-order chi connectivity index (χ0) is 16.9. The summed E-state index contributed by atoms with van der Waals surface area (Å²) in [5.74, 6) is -0.0238. The van der Waals surface area contributed by atoms with Crippen LogP contribution in [-0.4, -0.2) is 46.0 Å². The van der Waals surface area contributed by atoms with Crippen molar-refractivity contribution >= 4 is 5.97 Å². The molecule has 2 aromatic heterocycles. The van der Waals surface area contributed by atoms with Gasteiger partial charge < -0.3 is 14.2 Å².